The highest BCUT2D eigenvalue weighted by atomic mass is 16.6. The Morgan fingerprint density at radius 3 is 2.32 bits per heavy atom. The molecular formula is C20H23NO7. The number of rotatable bonds is 9. The van der Waals surface area contributed by atoms with Crippen LogP contribution in [0, 0.1) is 24.0 Å². The van der Waals surface area contributed by atoms with E-state index in [2.05, 4.69) is 0 Å². The maximum Gasteiger partial charge on any atom is 0.345 e. The number of esters is 1. The fourth-order valence-electron chi connectivity index (χ4n) is 2.67. The summed E-state index contributed by atoms with van der Waals surface area (Å²) in [6.07, 6.45) is 0. The van der Waals surface area contributed by atoms with Gasteiger partial charge in [-0.05, 0) is 31.9 Å². The topological polar surface area (TPSA) is 97.1 Å². The molecule has 0 N–H and O–H groups in total. The van der Waals surface area contributed by atoms with Gasteiger partial charge in [0.1, 0.15) is 24.5 Å². The number of methoxy groups -OCH3 is 1. The Morgan fingerprint density at radius 1 is 1.07 bits per heavy atom. The van der Waals surface area contributed by atoms with Gasteiger partial charge in [0.15, 0.2) is 11.5 Å². The monoisotopic (exact) mass is 389 g/mol. The van der Waals surface area contributed by atoms with Crippen molar-refractivity contribution in [2.24, 2.45) is 0 Å². The molecule has 2 rings (SSSR count). The van der Waals surface area contributed by atoms with Gasteiger partial charge in [-0.15, -0.1) is 0 Å². The summed E-state index contributed by atoms with van der Waals surface area (Å²) in [5.74, 6) is 0.297. The van der Waals surface area contributed by atoms with Crippen LogP contribution in [0.3, 0.4) is 0 Å². The van der Waals surface area contributed by atoms with E-state index in [0.29, 0.717) is 6.61 Å². The maximum atomic E-state index is 12.4. The van der Waals surface area contributed by atoms with E-state index >= 15 is 0 Å². The lowest BCUT2D eigenvalue weighted by Crippen LogP contribution is -2.14. The molecule has 0 aliphatic carbocycles. The van der Waals surface area contributed by atoms with Gasteiger partial charge in [0.2, 0.25) is 0 Å². The second-order valence-electron chi connectivity index (χ2n) is 5.92. The van der Waals surface area contributed by atoms with Crippen molar-refractivity contribution in [1.82, 2.24) is 0 Å². The number of nitro groups is 1. The lowest BCUT2D eigenvalue weighted by atomic mass is 10.1. The smallest absolute Gasteiger partial charge is 0.345 e. The zero-order chi connectivity index (χ0) is 20.7. The first-order valence-electron chi connectivity index (χ1n) is 8.74. The number of carbonyl (C=O) groups is 1. The molecule has 8 heteroatoms. The number of para-hydroxylation sites is 1. The van der Waals surface area contributed by atoms with Crippen molar-refractivity contribution in [1.29, 1.82) is 0 Å². The summed E-state index contributed by atoms with van der Waals surface area (Å²) in [4.78, 5) is 23.1. The third-order valence-corrected chi connectivity index (χ3v) is 3.97. The van der Waals surface area contributed by atoms with Crippen LogP contribution in [0.2, 0.25) is 0 Å². The van der Waals surface area contributed by atoms with Gasteiger partial charge in [0.25, 0.3) is 5.69 Å². The third-order valence-electron chi connectivity index (χ3n) is 3.97. The first-order valence-corrected chi connectivity index (χ1v) is 8.74. The Bertz CT molecular complexity index is 844. The van der Waals surface area contributed by atoms with E-state index in [1.54, 1.807) is 6.92 Å². The van der Waals surface area contributed by atoms with Crippen LogP contribution in [0.5, 0.6) is 17.2 Å². The molecule has 0 radical (unpaired) electrons. The summed E-state index contributed by atoms with van der Waals surface area (Å²) < 4.78 is 21.3. The Morgan fingerprint density at radius 2 is 1.75 bits per heavy atom. The fourth-order valence-corrected chi connectivity index (χ4v) is 2.67. The summed E-state index contributed by atoms with van der Waals surface area (Å²) in [7, 11) is 1.37. The highest BCUT2D eigenvalue weighted by molar-refractivity contribution is 5.95. The Balaban J connectivity index is 2.10. The van der Waals surface area contributed by atoms with E-state index in [0.717, 1.165) is 22.9 Å². The largest absolute Gasteiger partial charge is 0.493 e. The molecular weight excluding hydrogens is 366 g/mol. The summed E-state index contributed by atoms with van der Waals surface area (Å²) in [5.41, 5.74) is 1.32. The van der Waals surface area contributed by atoms with Crippen molar-refractivity contribution in [3.05, 3.63) is 57.1 Å². The Hall–Kier alpha value is -3.29. The predicted molar refractivity (Wildman–Crippen MR) is 103 cm³/mol. The first-order chi connectivity index (χ1) is 13.4. The molecule has 0 bridgehead atoms. The molecule has 0 fully saturated rings. The van der Waals surface area contributed by atoms with Gasteiger partial charge < -0.3 is 18.9 Å². The van der Waals surface area contributed by atoms with Gasteiger partial charge in [-0.3, -0.25) is 10.1 Å². The number of aryl methyl sites for hydroxylation is 2. The molecule has 0 saturated carbocycles. The van der Waals surface area contributed by atoms with Gasteiger partial charge >= 0.3 is 5.97 Å². The summed E-state index contributed by atoms with van der Waals surface area (Å²) in [5, 5.41) is 11.3. The molecule has 0 atom stereocenters. The van der Waals surface area contributed by atoms with Crippen molar-refractivity contribution in [2.75, 3.05) is 26.9 Å². The SMILES string of the molecule is CCOc1cc(C(=O)OCCOc2c(C)cccc2C)c([N+](=O)[O-])cc1OC. The number of nitrogens with zero attached hydrogens (tertiary/aromatic N) is 1. The number of hydrogen-bond acceptors (Lipinski definition) is 7. The molecule has 0 saturated heterocycles. The highest BCUT2D eigenvalue weighted by Gasteiger charge is 2.25. The number of nitro benzene ring substituents is 1. The lowest BCUT2D eigenvalue weighted by Gasteiger charge is -2.13. The first kappa shape index (κ1) is 21.0. The summed E-state index contributed by atoms with van der Waals surface area (Å²) in [6, 6.07) is 8.18. The molecule has 150 valence electrons. The molecule has 2 aromatic rings. The van der Waals surface area contributed by atoms with Gasteiger partial charge in [-0.1, -0.05) is 18.2 Å². The van der Waals surface area contributed by atoms with Crippen LogP contribution in [-0.4, -0.2) is 37.8 Å². The number of hydrogen-bond donors (Lipinski definition) is 0. The van der Waals surface area contributed by atoms with Gasteiger partial charge in [0.05, 0.1) is 24.7 Å². The zero-order valence-electron chi connectivity index (χ0n) is 16.3. The van der Waals surface area contributed by atoms with E-state index in [4.69, 9.17) is 18.9 Å². The van der Waals surface area contributed by atoms with Crippen molar-refractivity contribution in [3.63, 3.8) is 0 Å². The van der Waals surface area contributed by atoms with Crippen LogP contribution in [0.25, 0.3) is 0 Å². The normalized spacial score (nSPS) is 10.3. The molecule has 0 aliphatic heterocycles. The quantitative estimate of drug-likeness (QED) is 0.278. The van der Waals surface area contributed by atoms with Gasteiger partial charge in [0, 0.05) is 6.07 Å². The predicted octanol–water partition coefficient (Wildman–Crippen LogP) is 3.85. The lowest BCUT2D eigenvalue weighted by molar-refractivity contribution is -0.385. The van der Waals surface area contributed by atoms with Crippen LogP contribution in [0.4, 0.5) is 5.69 Å². The van der Waals surface area contributed by atoms with Crippen molar-refractivity contribution >= 4 is 11.7 Å². The molecule has 28 heavy (non-hydrogen) atoms. The minimum Gasteiger partial charge on any atom is -0.493 e. The molecule has 0 unspecified atom stereocenters. The van der Waals surface area contributed by atoms with Gasteiger partial charge in [-0.25, -0.2) is 4.79 Å². The van der Waals surface area contributed by atoms with Crippen LogP contribution >= 0.6 is 0 Å². The van der Waals surface area contributed by atoms with Crippen LogP contribution in [0.15, 0.2) is 30.3 Å². The zero-order valence-corrected chi connectivity index (χ0v) is 16.3. The fraction of sp³-hybridized carbons (Fsp3) is 0.350. The Kier molecular flexibility index (Phi) is 7.20. The van der Waals surface area contributed by atoms with Gasteiger partial charge in [-0.2, -0.15) is 0 Å². The van der Waals surface area contributed by atoms with E-state index in [-0.39, 0.29) is 30.3 Å². The van der Waals surface area contributed by atoms with Crippen LogP contribution in [0.1, 0.15) is 28.4 Å². The number of benzene rings is 2. The van der Waals surface area contributed by atoms with Crippen LogP contribution in [-0.2, 0) is 4.74 Å². The van der Waals surface area contributed by atoms with E-state index in [1.165, 1.54) is 13.2 Å². The van der Waals surface area contributed by atoms with Crippen molar-refractivity contribution in [2.45, 2.75) is 20.8 Å². The summed E-state index contributed by atoms with van der Waals surface area (Å²) >= 11 is 0. The van der Waals surface area contributed by atoms with E-state index in [1.807, 2.05) is 32.0 Å². The highest BCUT2D eigenvalue weighted by Crippen LogP contribution is 2.35. The standard InChI is InChI=1S/C20H23NO7/c1-5-26-18-11-15(16(21(23)24)12-17(18)25-4)20(22)28-10-9-27-19-13(2)7-6-8-14(19)3/h6-8,11-12H,5,9-10H2,1-4H3. The summed E-state index contributed by atoms with van der Waals surface area (Å²) in [6.45, 7) is 5.98. The number of ether oxygens (including phenoxy) is 4. The van der Waals surface area contributed by atoms with Crippen molar-refractivity contribution < 1.29 is 28.7 Å². The second kappa shape index (κ2) is 9.59. The second-order valence-corrected chi connectivity index (χ2v) is 5.92. The average Bonchev–Trinajstić information content (AvgIpc) is 2.66. The molecule has 0 aliphatic rings. The molecule has 0 spiro atoms. The van der Waals surface area contributed by atoms with E-state index < -0.39 is 16.6 Å². The third kappa shape index (κ3) is 4.91. The molecule has 0 aromatic heterocycles. The number of carbonyl (C=O) groups excluding carboxylic acids is 1. The molecule has 8 nitrogen and oxygen atoms in total. The molecule has 0 amide bonds. The van der Waals surface area contributed by atoms with E-state index in [9.17, 15) is 14.9 Å². The maximum absolute atomic E-state index is 12.4. The Labute approximate surface area is 163 Å². The minimum absolute atomic E-state index is 0.0558. The molecule has 0 heterocycles. The van der Waals surface area contributed by atoms with Crippen LogP contribution < -0.4 is 14.2 Å². The average molecular weight is 389 g/mol. The molecule has 2 aromatic carbocycles. The van der Waals surface area contributed by atoms with Crippen molar-refractivity contribution in [3.8, 4) is 17.2 Å². The minimum atomic E-state index is -0.833.